The number of carbonyl (C=O) groups excluding carboxylic acids is 2. The van der Waals surface area contributed by atoms with Crippen LogP contribution >= 0.6 is 22.7 Å². The number of amides is 2. The molecule has 0 bridgehead atoms. The maximum Gasteiger partial charge on any atom is 0.264 e. The lowest BCUT2D eigenvalue weighted by molar-refractivity contribution is -0.123. The Hall–Kier alpha value is -3.04. The van der Waals surface area contributed by atoms with Crippen LogP contribution in [0, 0.1) is 6.92 Å². The molecule has 1 fully saturated rings. The standard InChI is InChI=1S/C21H19N5O2S2/c1-12-17-19(23-9-14-8-13-4-2-3-5-15(13)29-14)24-11-25-20(17)30-18(12)21(28)26-7-6-22-16(27)10-26/h2-5,8,11H,6-7,9-10H2,1H3,(H,22,27)(H,23,24,25). The Morgan fingerprint density at radius 1 is 1.27 bits per heavy atom. The van der Waals surface area contributed by atoms with Crippen LogP contribution in [0.4, 0.5) is 5.82 Å². The molecule has 1 aliphatic rings. The van der Waals surface area contributed by atoms with Crippen molar-refractivity contribution in [3.63, 3.8) is 0 Å². The van der Waals surface area contributed by atoms with Gasteiger partial charge < -0.3 is 15.5 Å². The third-order valence-corrected chi connectivity index (χ3v) is 7.46. The van der Waals surface area contributed by atoms with Gasteiger partial charge in [-0.2, -0.15) is 0 Å². The van der Waals surface area contributed by atoms with Crippen LogP contribution in [0.3, 0.4) is 0 Å². The van der Waals surface area contributed by atoms with E-state index in [1.807, 2.05) is 19.1 Å². The number of fused-ring (bicyclic) bond motifs is 2. The molecule has 1 aliphatic heterocycles. The fourth-order valence-electron chi connectivity index (χ4n) is 3.66. The number of hydrogen-bond acceptors (Lipinski definition) is 7. The lowest BCUT2D eigenvalue weighted by atomic mass is 10.2. The molecule has 0 atom stereocenters. The van der Waals surface area contributed by atoms with Gasteiger partial charge in [-0.1, -0.05) is 18.2 Å². The summed E-state index contributed by atoms with van der Waals surface area (Å²) in [6, 6.07) is 10.5. The number of aromatic nitrogens is 2. The van der Waals surface area contributed by atoms with E-state index in [9.17, 15) is 9.59 Å². The van der Waals surface area contributed by atoms with Gasteiger partial charge in [0, 0.05) is 22.7 Å². The number of aryl methyl sites for hydroxylation is 1. The Kier molecular flexibility index (Phi) is 4.84. The second-order valence-corrected chi connectivity index (χ2v) is 9.31. The second kappa shape index (κ2) is 7.66. The number of hydrogen-bond donors (Lipinski definition) is 2. The molecule has 0 radical (unpaired) electrons. The molecule has 0 unspecified atom stereocenters. The number of carbonyl (C=O) groups is 2. The summed E-state index contributed by atoms with van der Waals surface area (Å²) in [6.07, 6.45) is 1.52. The van der Waals surface area contributed by atoms with Crippen LogP contribution in [0.5, 0.6) is 0 Å². The molecule has 3 aromatic heterocycles. The third-order valence-electron chi connectivity index (χ3n) is 5.15. The first kappa shape index (κ1) is 19.0. The van der Waals surface area contributed by atoms with Crippen LogP contribution in [-0.2, 0) is 11.3 Å². The molecule has 0 saturated carbocycles. The van der Waals surface area contributed by atoms with E-state index in [2.05, 4.69) is 38.8 Å². The van der Waals surface area contributed by atoms with Gasteiger partial charge in [-0.3, -0.25) is 9.59 Å². The maximum absolute atomic E-state index is 13.0. The molecule has 4 heterocycles. The zero-order valence-corrected chi connectivity index (χ0v) is 17.9. The minimum atomic E-state index is -0.126. The average molecular weight is 438 g/mol. The highest BCUT2D eigenvalue weighted by molar-refractivity contribution is 7.20. The summed E-state index contributed by atoms with van der Waals surface area (Å²) in [5.41, 5.74) is 0.852. The fraction of sp³-hybridized carbons (Fsp3) is 0.238. The minimum absolute atomic E-state index is 0.0925. The van der Waals surface area contributed by atoms with Crippen molar-refractivity contribution in [1.82, 2.24) is 20.2 Å². The number of rotatable bonds is 4. The minimum Gasteiger partial charge on any atom is -0.365 e. The van der Waals surface area contributed by atoms with Crippen molar-refractivity contribution < 1.29 is 9.59 Å². The van der Waals surface area contributed by atoms with Crippen molar-refractivity contribution in [1.29, 1.82) is 0 Å². The van der Waals surface area contributed by atoms with Crippen LogP contribution in [0.15, 0.2) is 36.7 Å². The molecular weight excluding hydrogens is 418 g/mol. The van der Waals surface area contributed by atoms with Gasteiger partial charge in [-0.15, -0.1) is 22.7 Å². The van der Waals surface area contributed by atoms with E-state index in [1.54, 1.807) is 16.2 Å². The topological polar surface area (TPSA) is 87.2 Å². The summed E-state index contributed by atoms with van der Waals surface area (Å²) >= 11 is 3.11. The van der Waals surface area contributed by atoms with Crippen molar-refractivity contribution in [3.05, 3.63) is 52.0 Å². The Balaban J connectivity index is 1.43. The highest BCUT2D eigenvalue weighted by Gasteiger charge is 2.27. The van der Waals surface area contributed by atoms with E-state index in [1.165, 1.54) is 32.6 Å². The van der Waals surface area contributed by atoms with Crippen molar-refractivity contribution in [3.8, 4) is 0 Å². The van der Waals surface area contributed by atoms with Crippen molar-refractivity contribution in [2.24, 2.45) is 0 Å². The van der Waals surface area contributed by atoms with Crippen molar-refractivity contribution >= 4 is 60.6 Å². The summed E-state index contributed by atoms with van der Waals surface area (Å²) in [5, 5.41) is 8.27. The molecule has 0 aliphatic carbocycles. The predicted octanol–water partition coefficient (Wildman–Crippen LogP) is 3.40. The Bertz CT molecular complexity index is 1250. The summed E-state index contributed by atoms with van der Waals surface area (Å²) in [6.45, 7) is 3.66. The molecule has 1 aromatic carbocycles. The number of nitrogens with one attached hydrogen (secondary N) is 2. The maximum atomic E-state index is 13.0. The lowest BCUT2D eigenvalue weighted by Crippen LogP contribution is -2.49. The molecule has 5 rings (SSSR count). The highest BCUT2D eigenvalue weighted by Crippen LogP contribution is 2.34. The first-order valence-electron chi connectivity index (χ1n) is 9.61. The molecule has 2 N–H and O–H groups in total. The molecule has 7 nitrogen and oxygen atoms in total. The Labute approximate surface area is 180 Å². The van der Waals surface area contributed by atoms with E-state index < -0.39 is 0 Å². The second-order valence-electron chi connectivity index (χ2n) is 7.14. The van der Waals surface area contributed by atoms with Gasteiger partial charge in [0.15, 0.2) is 0 Å². The summed E-state index contributed by atoms with van der Waals surface area (Å²) in [7, 11) is 0. The van der Waals surface area contributed by atoms with E-state index in [-0.39, 0.29) is 18.4 Å². The molecule has 0 spiro atoms. The summed E-state index contributed by atoms with van der Waals surface area (Å²) in [5.74, 6) is 0.473. The number of anilines is 1. The van der Waals surface area contributed by atoms with Crippen LogP contribution in [0.1, 0.15) is 20.1 Å². The Morgan fingerprint density at radius 2 is 2.13 bits per heavy atom. The highest BCUT2D eigenvalue weighted by atomic mass is 32.1. The van der Waals surface area contributed by atoms with Crippen LogP contribution in [0.2, 0.25) is 0 Å². The number of thiophene rings is 2. The number of nitrogens with zero attached hydrogens (tertiary/aromatic N) is 3. The average Bonchev–Trinajstić information content (AvgIpc) is 3.33. The summed E-state index contributed by atoms with van der Waals surface area (Å²) in [4.78, 5) is 37.7. The van der Waals surface area contributed by atoms with E-state index in [4.69, 9.17) is 0 Å². The number of benzene rings is 1. The first-order valence-corrected chi connectivity index (χ1v) is 11.2. The quantitative estimate of drug-likeness (QED) is 0.511. The monoisotopic (exact) mass is 437 g/mol. The van der Waals surface area contributed by atoms with Gasteiger partial charge in [0.1, 0.15) is 17.0 Å². The van der Waals surface area contributed by atoms with Gasteiger partial charge in [0.05, 0.1) is 23.4 Å². The molecule has 9 heteroatoms. The van der Waals surface area contributed by atoms with Crippen LogP contribution < -0.4 is 10.6 Å². The lowest BCUT2D eigenvalue weighted by Gasteiger charge is -2.26. The van der Waals surface area contributed by atoms with Crippen LogP contribution in [0.25, 0.3) is 20.3 Å². The van der Waals surface area contributed by atoms with Gasteiger partial charge >= 0.3 is 0 Å². The van der Waals surface area contributed by atoms with Crippen molar-refractivity contribution in [2.45, 2.75) is 13.5 Å². The van der Waals surface area contributed by atoms with Crippen LogP contribution in [-0.4, -0.2) is 46.3 Å². The molecular formula is C21H19N5O2S2. The largest absolute Gasteiger partial charge is 0.365 e. The SMILES string of the molecule is Cc1c(C(=O)N2CCNC(=O)C2)sc2ncnc(NCc3cc4ccccc4s3)c12. The molecule has 30 heavy (non-hydrogen) atoms. The normalized spacial score (nSPS) is 14.3. The third kappa shape index (κ3) is 3.40. The van der Waals surface area contributed by atoms with Gasteiger partial charge in [-0.25, -0.2) is 9.97 Å². The van der Waals surface area contributed by atoms with E-state index in [0.29, 0.717) is 24.5 Å². The zero-order chi connectivity index (χ0) is 20.7. The van der Waals surface area contributed by atoms with Gasteiger partial charge in [-0.05, 0) is 30.0 Å². The molecule has 4 aromatic rings. The molecule has 1 saturated heterocycles. The Morgan fingerprint density at radius 3 is 2.97 bits per heavy atom. The van der Waals surface area contributed by atoms with Crippen molar-refractivity contribution in [2.75, 3.05) is 25.0 Å². The molecule has 152 valence electrons. The smallest absolute Gasteiger partial charge is 0.264 e. The van der Waals surface area contributed by atoms with Gasteiger partial charge in [0.25, 0.3) is 5.91 Å². The molecule has 2 amide bonds. The van der Waals surface area contributed by atoms with E-state index >= 15 is 0 Å². The van der Waals surface area contributed by atoms with E-state index in [0.717, 1.165) is 21.6 Å². The zero-order valence-electron chi connectivity index (χ0n) is 16.3. The predicted molar refractivity (Wildman–Crippen MR) is 120 cm³/mol. The number of piperazine rings is 1. The van der Waals surface area contributed by atoms with Gasteiger partial charge in [0.2, 0.25) is 5.91 Å². The first-order chi connectivity index (χ1) is 14.6. The summed E-state index contributed by atoms with van der Waals surface area (Å²) < 4.78 is 1.26. The fourth-order valence-corrected chi connectivity index (χ4v) is 5.78.